The number of aromatic nitrogens is 1. The molecule has 4 aliphatic rings. The Balaban J connectivity index is 1.38. The molecule has 2 saturated carbocycles. The predicted molar refractivity (Wildman–Crippen MR) is 180 cm³/mol. The van der Waals surface area contributed by atoms with Crippen molar-refractivity contribution in [2.45, 2.75) is 88.5 Å². The zero-order valence-corrected chi connectivity index (χ0v) is 28.7. The summed E-state index contributed by atoms with van der Waals surface area (Å²) in [5.41, 5.74) is 5.26. The number of ether oxygens (including phenoxy) is 2. The minimum absolute atomic E-state index is 0.0463. The van der Waals surface area contributed by atoms with Crippen molar-refractivity contribution in [1.82, 2.24) is 23.8 Å². The fourth-order valence-electron chi connectivity index (χ4n) is 8.20. The van der Waals surface area contributed by atoms with Crippen molar-refractivity contribution >= 4 is 33.1 Å². The predicted octanol–water partition coefficient (Wildman–Crippen LogP) is 4.96. The number of urea groups is 1. The van der Waals surface area contributed by atoms with E-state index in [1.165, 1.54) is 26.1 Å². The molecule has 12 heteroatoms. The molecule has 252 valence electrons. The first-order chi connectivity index (χ1) is 22.4. The van der Waals surface area contributed by atoms with Crippen molar-refractivity contribution in [3.05, 3.63) is 53.1 Å². The van der Waals surface area contributed by atoms with Crippen molar-refractivity contribution in [2.75, 3.05) is 34.3 Å². The fraction of sp³-hybridized carbons (Fsp3) is 0.543. The van der Waals surface area contributed by atoms with E-state index in [-0.39, 0.29) is 29.7 Å². The van der Waals surface area contributed by atoms with E-state index in [1.54, 1.807) is 13.2 Å². The highest BCUT2D eigenvalue weighted by molar-refractivity contribution is 7.87. The number of carbonyl (C=O) groups is 2. The van der Waals surface area contributed by atoms with E-state index in [2.05, 4.69) is 26.7 Å². The average molecular weight is 664 g/mol. The van der Waals surface area contributed by atoms with E-state index in [9.17, 15) is 18.0 Å². The lowest BCUT2D eigenvalue weighted by molar-refractivity contribution is -0.0549. The van der Waals surface area contributed by atoms with E-state index in [0.29, 0.717) is 25.6 Å². The van der Waals surface area contributed by atoms with Gasteiger partial charge in [-0.1, -0.05) is 25.3 Å². The topological polar surface area (TPSA) is 122 Å². The number of fused-ring (bicyclic) bond motifs is 7. The van der Waals surface area contributed by atoms with E-state index in [1.807, 2.05) is 36.9 Å². The highest BCUT2D eigenvalue weighted by Crippen LogP contribution is 2.60. The second-order valence-electron chi connectivity index (χ2n) is 14.1. The molecular formula is C35H45N5O6S. The lowest BCUT2D eigenvalue weighted by Gasteiger charge is -2.36. The van der Waals surface area contributed by atoms with Gasteiger partial charge in [-0.15, -0.1) is 0 Å². The van der Waals surface area contributed by atoms with Gasteiger partial charge in [0.2, 0.25) is 0 Å². The molecule has 1 aromatic heterocycles. The number of hydrogen-bond donors (Lipinski definition) is 2. The Labute approximate surface area is 276 Å². The SMILES string of the molecule is COc1ccc2c(c1)C1CC1(NC(=O)N1C[C@@H](C)O[C@@H](C)C1)Cn1c-2c(C2CCCCC2)c2ccc(C(=O)NS(=O)(=O)N(C)C)cc21. The number of morpholine rings is 1. The maximum absolute atomic E-state index is 13.9. The summed E-state index contributed by atoms with van der Waals surface area (Å²) in [5.74, 6) is 0.523. The van der Waals surface area contributed by atoms with Gasteiger partial charge in [-0.2, -0.15) is 12.7 Å². The van der Waals surface area contributed by atoms with Gasteiger partial charge in [-0.25, -0.2) is 9.52 Å². The van der Waals surface area contributed by atoms with Gasteiger partial charge < -0.3 is 24.3 Å². The van der Waals surface area contributed by atoms with Crippen molar-refractivity contribution in [2.24, 2.45) is 0 Å². The number of nitrogens with one attached hydrogen (secondary N) is 2. The summed E-state index contributed by atoms with van der Waals surface area (Å²) >= 11 is 0. The highest BCUT2D eigenvalue weighted by atomic mass is 32.2. The fourth-order valence-corrected chi connectivity index (χ4v) is 8.73. The van der Waals surface area contributed by atoms with Crippen LogP contribution in [0.3, 0.4) is 0 Å². The number of hydrogen-bond acceptors (Lipinski definition) is 6. The molecule has 4 atom stereocenters. The number of carbonyl (C=O) groups excluding carboxylic acids is 2. The third-order valence-electron chi connectivity index (χ3n) is 10.5. The lowest BCUT2D eigenvalue weighted by atomic mass is 9.81. The number of nitrogens with zero attached hydrogens (tertiary/aromatic N) is 3. The van der Waals surface area contributed by atoms with Crippen LogP contribution in [-0.2, 0) is 21.5 Å². The van der Waals surface area contributed by atoms with Gasteiger partial charge >= 0.3 is 16.2 Å². The van der Waals surface area contributed by atoms with Crippen molar-refractivity contribution < 1.29 is 27.5 Å². The first-order valence-corrected chi connectivity index (χ1v) is 18.2. The molecule has 3 aromatic rings. The quantitative estimate of drug-likeness (QED) is 0.385. The molecule has 2 aliphatic carbocycles. The van der Waals surface area contributed by atoms with Gasteiger partial charge in [0.1, 0.15) is 5.75 Å². The second-order valence-corrected chi connectivity index (χ2v) is 16.0. The first kappa shape index (κ1) is 32.0. The largest absolute Gasteiger partial charge is 0.497 e. The summed E-state index contributed by atoms with van der Waals surface area (Å²) < 4.78 is 42.2. The molecular weight excluding hydrogens is 618 g/mol. The maximum atomic E-state index is 13.9. The van der Waals surface area contributed by atoms with Crippen LogP contribution in [0.5, 0.6) is 5.75 Å². The zero-order valence-electron chi connectivity index (χ0n) is 27.8. The maximum Gasteiger partial charge on any atom is 0.318 e. The molecule has 0 radical (unpaired) electrons. The van der Waals surface area contributed by atoms with Crippen LogP contribution in [0, 0.1) is 0 Å². The third-order valence-corrected chi connectivity index (χ3v) is 12.0. The molecule has 7 rings (SSSR count). The van der Waals surface area contributed by atoms with Crippen molar-refractivity contribution in [3.8, 4) is 17.0 Å². The Morgan fingerprint density at radius 2 is 1.74 bits per heavy atom. The van der Waals surface area contributed by atoms with Crippen molar-refractivity contribution in [1.29, 1.82) is 0 Å². The first-order valence-electron chi connectivity index (χ1n) is 16.7. The molecule has 11 nitrogen and oxygen atoms in total. The van der Waals surface area contributed by atoms with Crippen LogP contribution in [0.4, 0.5) is 4.79 Å². The van der Waals surface area contributed by atoms with E-state index < -0.39 is 21.7 Å². The molecule has 0 spiro atoms. The summed E-state index contributed by atoms with van der Waals surface area (Å²) in [5, 5.41) is 4.55. The summed E-state index contributed by atoms with van der Waals surface area (Å²) in [4.78, 5) is 29.1. The van der Waals surface area contributed by atoms with Gasteiger partial charge in [0.05, 0.1) is 30.6 Å². The minimum atomic E-state index is -3.97. The molecule has 47 heavy (non-hydrogen) atoms. The number of methoxy groups -OCH3 is 1. The monoisotopic (exact) mass is 663 g/mol. The van der Waals surface area contributed by atoms with Crippen LogP contribution in [0.15, 0.2) is 36.4 Å². The molecule has 2 N–H and O–H groups in total. The highest BCUT2D eigenvalue weighted by Gasteiger charge is 2.59. The van der Waals surface area contributed by atoms with Gasteiger partial charge in [-0.05, 0) is 80.5 Å². The third kappa shape index (κ3) is 5.67. The normalized spacial score (nSPS) is 25.8. The minimum Gasteiger partial charge on any atom is -0.497 e. The van der Waals surface area contributed by atoms with E-state index in [4.69, 9.17) is 9.47 Å². The Morgan fingerprint density at radius 3 is 2.43 bits per heavy atom. The van der Waals surface area contributed by atoms with Gasteiger partial charge in [-0.3, -0.25) is 4.79 Å². The van der Waals surface area contributed by atoms with Crippen LogP contribution in [0.1, 0.15) is 85.7 Å². The molecule has 2 unspecified atom stereocenters. The summed E-state index contributed by atoms with van der Waals surface area (Å²) in [6.07, 6.45) is 6.39. The number of amides is 3. The molecule has 0 bridgehead atoms. The van der Waals surface area contributed by atoms with E-state index in [0.717, 1.165) is 69.9 Å². The Morgan fingerprint density at radius 1 is 1.02 bits per heavy atom. The van der Waals surface area contributed by atoms with E-state index >= 15 is 0 Å². The van der Waals surface area contributed by atoms with Gasteiger partial charge in [0.25, 0.3) is 5.91 Å². The average Bonchev–Trinajstić information content (AvgIpc) is 3.67. The lowest BCUT2D eigenvalue weighted by Crippen LogP contribution is -2.55. The smallest absolute Gasteiger partial charge is 0.318 e. The van der Waals surface area contributed by atoms with Gasteiger partial charge in [0.15, 0.2) is 0 Å². The van der Waals surface area contributed by atoms with Crippen LogP contribution < -0.4 is 14.8 Å². The Hall–Kier alpha value is -3.61. The molecule has 1 saturated heterocycles. The van der Waals surface area contributed by atoms with Crippen LogP contribution in [0.2, 0.25) is 0 Å². The van der Waals surface area contributed by atoms with Gasteiger partial charge in [0, 0.05) is 61.7 Å². The Bertz CT molecular complexity index is 1840. The summed E-state index contributed by atoms with van der Waals surface area (Å²) in [6, 6.07) is 11.7. The zero-order chi connectivity index (χ0) is 33.2. The molecule has 2 aliphatic heterocycles. The molecule has 3 fully saturated rings. The van der Waals surface area contributed by atoms with Crippen LogP contribution in [0.25, 0.3) is 22.2 Å². The number of rotatable bonds is 6. The summed E-state index contributed by atoms with van der Waals surface area (Å²) in [6.45, 7) is 5.56. The van der Waals surface area contributed by atoms with Crippen LogP contribution >= 0.6 is 0 Å². The summed E-state index contributed by atoms with van der Waals surface area (Å²) in [7, 11) is 0.468. The molecule has 3 amide bonds. The molecule has 2 aromatic carbocycles. The Kier molecular flexibility index (Phi) is 8.04. The second kappa shape index (κ2) is 11.8. The molecule has 3 heterocycles. The standard InChI is InChI=1S/C35H45N5O6S/c1-21-18-39(19-22(2)46-21)34(42)36-35-17-29(35)28-16-25(45-5)12-14-26(28)32-31(23-9-7-6-8-10-23)27-13-11-24(15-30(27)40(32)20-35)33(41)37-47(43,44)38(3)4/h11-16,21-23,29H,6-10,17-20H2,1-5H3,(H,36,42)(H,37,41)/t21-,22+,29?,35?. The van der Waals surface area contributed by atoms with Crippen molar-refractivity contribution in [3.63, 3.8) is 0 Å². The number of benzene rings is 2. The van der Waals surface area contributed by atoms with Crippen LogP contribution in [-0.4, -0.2) is 86.2 Å².